The monoisotopic (exact) mass is 282 g/mol. The molecule has 4 nitrogen and oxygen atoms in total. The minimum Gasteiger partial charge on any atom is -0.195 e. The normalized spacial score (nSPS) is 18.8. The topological polar surface area (TPSA) is 40.6 Å². The van der Waals surface area contributed by atoms with Gasteiger partial charge in [0.05, 0.1) is 0 Å². The van der Waals surface area contributed by atoms with Crippen LogP contribution in [0.1, 0.15) is 39.5 Å². The molecule has 1 fully saturated rings. The molecule has 0 amide bonds. The molecule has 0 aromatic heterocycles. The van der Waals surface area contributed by atoms with Gasteiger partial charge >= 0.3 is 0 Å². The van der Waals surface area contributed by atoms with E-state index in [-0.39, 0.29) is 12.1 Å². The summed E-state index contributed by atoms with van der Waals surface area (Å²) in [5, 5.41) is 0. The van der Waals surface area contributed by atoms with Crippen molar-refractivity contribution in [2.24, 2.45) is 0 Å². The van der Waals surface area contributed by atoms with Crippen LogP contribution in [0.3, 0.4) is 0 Å². The lowest BCUT2D eigenvalue weighted by molar-refractivity contribution is 0.292. The van der Waals surface area contributed by atoms with Crippen LogP contribution >= 0.6 is 11.6 Å². The van der Waals surface area contributed by atoms with Crippen LogP contribution in [0, 0.1) is 0 Å². The van der Waals surface area contributed by atoms with Crippen LogP contribution in [0.5, 0.6) is 0 Å². The maximum absolute atomic E-state index is 12.4. The molecule has 1 rings (SSSR count). The molecular weight excluding hydrogens is 260 g/mol. The lowest BCUT2D eigenvalue weighted by atomic mass is 10.2. The Morgan fingerprint density at radius 2 is 1.82 bits per heavy atom. The van der Waals surface area contributed by atoms with Gasteiger partial charge in [0, 0.05) is 31.6 Å². The van der Waals surface area contributed by atoms with E-state index in [1.165, 1.54) is 4.31 Å². The molecular formula is C11H23ClN2O2S. The summed E-state index contributed by atoms with van der Waals surface area (Å²) >= 11 is 5.74. The van der Waals surface area contributed by atoms with Gasteiger partial charge in [0.15, 0.2) is 0 Å². The van der Waals surface area contributed by atoms with Gasteiger partial charge in [-0.15, -0.1) is 11.6 Å². The van der Waals surface area contributed by atoms with E-state index in [1.807, 2.05) is 13.8 Å². The lowest BCUT2D eigenvalue weighted by Gasteiger charge is -2.33. The Morgan fingerprint density at radius 1 is 1.29 bits per heavy atom. The third kappa shape index (κ3) is 3.56. The number of alkyl halides is 1. The van der Waals surface area contributed by atoms with Crippen molar-refractivity contribution in [1.82, 2.24) is 8.61 Å². The molecule has 0 bridgehead atoms. The van der Waals surface area contributed by atoms with Crippen molar-refractivity contribution in [1.29, 1.82) is 0 Å². The Balaban J connectivity index is 2.88. The highest BCUT2D eigenvalue weighted by atomic mass is 35.5. The highest BCUT2D eigenvalue weighted by molar-refractivity contribution is 7.86. The van der Waals surface area contributed by atoms with Crippen molar-refractivity contribution < 1.29 is 8.42 Å². The van der Waals surface area contributed by atoms with Crippen molar-refractivity contribution in [2.45, 2.75) is 51.6 Å². The van der Waals surface area contributed by atoms with Gasteiger partial charge in [-0.2, -0.15) is 17.0 Å². The fraction of sp³-hybridized carbons (Fsp3) is 1.00. The van der Waals surface area contributed by atoms with Gasteiger partial charge < -0.3 is 0 Å². The number of halogens is 1. The Bertz CT molecular complexity index is 326. The van der Waals surface area contributed by atoms with Crippen molar-refractivity contribution >= 4 is 21.8 Å². The Labute approximate surface area is 110 Å². The largest absolute Gasteiger partial charge is 0.282 e. The van der Waals surface area contributed by atoms with E-state index in [2.05, 4.69) is 0 Å². The van der Waals surface area contributed by atoms with Crippen LogP contribution in [0.25, 0.3) is 0 Å². The fourth-order valence-electron chi connectivity index (χ4n) is 2.19. The summed E-state index contributed by atoms with van der Waals surface area (Å²) in [6.07, 6.45) is 4.15. The predicted octanol–water partition coefficient (Wildman–Crippen LogP) is 2.05. The van der Waals surface area contributed by atoms with Crippen LogP contribution in [-0.4, -0.2) is 48.6 Å². The highest BCUT2D eigenvalue weighted by Gasteiger charge is 2.35. The summed E-state index contributed by atoms with van der Waals surface area (Å²) in [5.41, 5.74) is 0. The number of hydrogen-bond acceptors (Lipinski definition) is 2. The van der Waals surface area contributed by atoms with Crippen molar-refractivity contribution in [3.05, 3.63) is 0 Å². The Hall–Kier alpha value is 0.160. The first kappa shape index (κ1) is 15.2. The zero-order valence-corrected chi connectivity index (χ0v) is 12.5. The molecule has 17 heavy (non-hydrogen) atoms. The second-order valence-corrected chi connectivity index (χ2v) is 7.17. The minimum atomic E-state index is -3.36. The SMILES string of the molecule is CC(C)N(C)S(=O)(=O)N(CCCl)C1CCCC1. The first-order valence-corrected chi connectivity index (χ1v) is 8.15. The zero-order valence-electron chi connectivity index (χ0n) is 10.9. The molecule has 0 saturated heterocycles. The quantitative estimate of drug-likeness (QED) is 0.700. The van der Waals surface area contributed by atoms with Crippen LogP contribution < -0.4 is 0 Å². The van der Waals surface area contributed by atoms with Gasteiger partial charge in [-0.1, -0.05) is 12.8 Å². The second kappa shape index (κ2) is 6.36. The van der Waals surface area contributed by atoms with E-state index in [0.717, 1.165) is 25.7 Å². The van der Waals surface area contributed by atoms with Gasteiger partial charge in [-0.05, 0) is 26.7 Å². The average Bonchev–Trinajstić information content (AvgIpc) is 2.77. The van der Waals surface area contributed by atoms with Gasteiger partial charge in [0.1, 0.15) is 0 Å². The van der Waals surface area contributed by atoms with Gasteiger partial charge in [0.2, 0.25) is 0 Å². The molecule has 102 valence electrons. The highest BCUT2D eigenvalue weighted by Crippen LogP contribution is 2.27. The molecule has 1 saturated carbocycles. The first-order chi connectivity index (χ1) is 7.91. The molecule has 1 aliphatic rings. The van der Waals surface area contributed by atoms with Crippen LogP contribution in [-0.2, 0) is 10.2 Å². The fourth-order valence-corrected chi connectivity index (χ4v) is 4.25. The van der Waals surface area contributed by atoms with Gasteiger partial charge in [-0.25, -0.2) is 0 Å². The standard InChI is InChI=1S/C11H23ClN2O2S/c1-10(2)13(3)17(15,16)14(9-8-12)11-6-4-5-7-11/h10-11H,4-9H2,1-3H3. The summed E-state index contributed by atoms with van der Waals surface area (Å²) in [7, 11) is -1.73. The molecule has 0 atom stereocenters. The Kier molecular flexibility index (Phi) is 5.70. The van der Waals surface area contributed by atoms with Crippen molar-refractivity contribution in [3.63, 3.8) is 0 Å². The maximum atomic E-state index is 12.4. The van der Waals surface area contributed by atoms with E-state index >= 15 is 0 Å². The number of hydrogen-bond donors (Lipinski definition) is 0. The third-order valence-electron chi connectivity index (χ3n) is 3.42. The van der Waals surface area contributed by atoms with E-state index in [1.54, 1.807) is 11.4 Å². The van der Waals surface area contributed by atoms with Gasteiger partial charge in [0.25, 0.3) is 10.2 Å². The molecule has 0 aromatic rings. The third-order valence-corrected chi connectivity index (χ3v) is 5.82. The van der Waals surface area contributed by atoms with E-state index in [4.69, 9.17) is 11.6 Å². The molecule has 0 radical (unpaired) electrons. The van der Waals surface area contributed by atoms with Crippen LogP contribution in [0.15, 0.2) is 0 Å². The summed E-state index contributed by atoms with van der Waals surface area (Å²) in [6, 6.07) is 0.110. The molecule has 0 aromatic carbocycles. The molecule has 0 N–H and O–H groups in total. The summed E-state index contributed by atoms with van der Waals surface area (Å²) in [4.78, 5) is 0. The number of rotatable bonds is 6. The first-order valence-electron chi connectivity index (χ1n) is 6.22. The van der Waals surface area contributed by atoms with Crippen LogP contribution in [0.2, 0.25) is 0 Å². The predicted molar refractivity (Wildman–Crippen MR) is 71.5 cm³/mol. The zero-order chi connectivity index (χ0) is 13.1. The smallest absolute Gasteiger partial charge is 0.195 e. The molecule has 0 unspecified atom stereocenters. The molecule has 0 spiro atoms. The molecule has 0 aliphatic heterocycles. The summed E-state index contributed by atoms with van der Waals surface area (Å²) < 4.78 is 27.9. The Morgan fingerprint density at radius 3 is 2.24 bits per heavy atom. The van der Waals surface area contributed by atoms with Crippen LogP contribution in [0.4, 0.5) is 0 Å². The molecule has 6 heteroatoms. The van der Waals surface area contributed by atoms with Gasteiger partial charge in [-0.3, -0.25) is 0 Å². The maximum Gasteiger partial charge on any atom is 0.282 e. The minimum absolute atomic E-state index is 0.0285. The van der Waals surface area contributed by atoms with Crippen molar-refractivity contribution in [3.8, 4) is 0 Å². The van der Waals surface area contributed by atoms with E-state index in [9.17, 15) is 8.42 Å². The summed E-state index contributed by atoms with van der Waals surface area (Å²) in [5.74, 6) is 0.349. The second-order valence-electron chi connectivity index (χ2n) is 4.86. The van der Waals surface area contributed by atoms with E-state index in [0.29, 0.717) is 12.4 Å². The van der Waals surface area contributed by atoms with Crippen molar-refractivity contribution in [2.75, 3.05) is 19.5 Å². The molecule has 1 aliphatic carbocycles. The average molecular weight is 283 g/mol. The number of nitrogens with zero attached hydrogens (tertiary/aromatic N) is 2. The lowest BCUT2D eigenvalue weighted by Crippen LogP contribution is -2.49. The van der Waals surface area contributed by atoms with E-state index < -0.39 is 10.2 Å². The molecule has 0 heterocycles. The summed E-state index contributed by atoms with van der Waals surface area (Å²) in [6.45, 7) is 4.17.